The molecule has 0 radical (unpaired) electrons. The van der Waals surface area contributed by atoms with Crippen LogP contribution in [0.5, 0.6) is 11.5 Å². The molecular weight excluding hydrogens is 322 g/mol. The van der Waals surface area contributed by atoms with Gasteiger partial charge in [0.1, 0.15) is 0 Å². The second-order valence-corrected chi connectivity index (χ2v) is 6.94. The third-order valence-corrected chi connectivity index (χ3v) is 4.71. The van der Waals surface area contributed by atoms with Crippen molar-refractivity contribution in [3.05, 3.63) is 58.7 Å². The van der Waals surface area contributed by atoms with Gasteiger partial charge in [-0.05, 0) is 37.1 Å². The van der Waals surface area contributed by atoms with Crippen molar-refractivity contribution in [1.82, 2.24) is 5.32 Å². The molecule has 1 amide bonds. The largest absolute Gasteiger partial charge is 0.454 e. The number of hydrogen-bond donors (Lipinski definition) is 1. The van der Waals surface area contributed by atoms with Gasteiger partial charge in [0.15, 0.2) is 11.5 Å². The monoisotopic (exact) mass is 343 g/mol. The van der Waals surface area contributed by atoms with Crippen LogP contribution in [0, 0.1) is 13.8 Å². The summed E-state index contributed by atoms with van der Waals surface area (Å²) in [5.74, 6) is 2.85. The van der Waals surface area contributed by atoms with Crippen LogP contribution in [0.4, 0.5) is 0 Å². The van der Waals surface area contributed by atoms with Crippen LogP contribution in [0.25, 0.3) is 0 Å². The minimum Gasteiger partial charge on any atom is -0.454 e. The molecule has 0 atom stereocenters. The summed E-state index contributed by atoms with van der Waals surface area (Å²) < 4.78 is 10.6. The van der Waals surface area contributed by atoms with Crippen molar-refractivity contribution in [2.45, 2.75) is 26.1 Å². The van der Waals surface area contributed by atoms with Gasteiger partial charge >= 0.3 is 0 Å². The molecule has 1 heterocycles. The lowest BCUT2D eigenvalue weighted by molar-refractivity contribution is -0.118. The number of carbonyl (C=O) groups is 1. The molecule has 0 aliphatic carbocycles. The Balaban J connectivity index is 1.43. The first kappa shape index (κ1) is 16.7. The fourth-order valence-corrected chi connectivity index (χ4v) is 3.51. The minimum atomic E-state index is 0.0436. The maximum absolute atomic E-state index is 12.0. The van der Waals surface area contributed by atoms with E-state index >= 15 is 0 Å². The van der Waals surface area contributed by atoms with Crippen molar-refractivity contribution >= 4 is 17.7 Å². The quantitative estimate of drug-likeness (QED) is 0.871. The van der Waals surface area contributed by atoms with Gasteiger partial charge in [0.2, 0.25) is 12.7 Å². The fourth-order valence-electron chi connectivity index (χ4n) is 2.72. The molecule has 24 heavy (non-hydrogen) atoms. The van der Waals surface area contributed by atoms with Crippen molar-refractivity contribution in [2.75, 3.05) is 12.5 Å². The van der Waals surface area contributed by atoms with Crippen LogP contribution in [0.15, 0.2) is 36.4 Å². The standard InChI is InChI=1S/C19H21NO3S/c1-13-5-14(2)7-16(6-13)10-24-11-19(21)20-9-15-3-4-17-18(8-15)23-12-22-17/h3-8H,9-12H2,1-2H3,(H,20,21). The van der Waals surface area contributed by atoms with Gasteiger partial charge in [-0.15, -0.1) is 11.8 Å². The molecule has 4 nitrogen and oxygen atoms in total. The number of thioether (sulfide) groups is 1. The highest BCUT2D eigenvalue weighted by Crippen LogP contribution is 2.32. The van der Waals surface area contributed by atoms with Gasteiger partial charge in [-0.2, -0.15) is 0 Å². The summed E-state index contributed by atoms with van der Waals surface area (Å²) in [6.07, 6.45) is 0. The Hall–Kier alpha value is -2.14. The lowest BCUT2D eigenvalue weighted by atomic mass is 10.1. The van der Waals surface area contributed by atoms with Crippen LogP contribution < -0.4 is 14.8 Å². The predicted octanol–water partition coefficient (Wildman–Crippen LogP) is 3.58. The van der Waals surface area contributed by atoms with Crippen LogP contribution in [-0.4, -0.2) is 18.5 Å². The third-order valence-electron chi connectivity index (χ3n) is 3.71. The summed E-state index contributed by atoms with van der Waals surface area (Å²) in [4.78, 5) is 12.0. The molecule has 2 aromatic carbocycles. The molecule has 0 saturated carbocycles. The van der Waals surface area contributed by atoms with E-state index in [4.69, 9.17) is 9.47 Å². The van der Waals surface area contributed by atoms with Gasteiger partial charge in [0, 0.05) is 12.3 Å². The van der Waals surface area contributed by atoms with Crippen LogP contribution in [-0.2, 0) is 17.1 Å². The molecule has 2 aromatic rings. The van der Waals surface area contributed by atoms with Gasteiger partial charge in [0.25, 0.3) is 0 Å². The highest BCUT2D eigenvalue weighted by molar-refractivity contribution is 7.99. The SMILES string of the molecule is Cc1cc(C)cc(CSCC(=O)NCc2ccc3c(c2)OCO3)c1. The molecular formula is C19H21NO3S. The van der Waals surface area contributed by atoms with Crippen molar-refractivity contribution in [3.63, 3.8) is 0 Å². The summed E-state index contributed by atoms with van der Waals surface area (Å²) in [5.41, 5.74) is 4.80. The predicted molar refractivity (Wildman–Crippen MR) is 96.5 cm³/mol. The van der Waals surface area contributed by atoms with Crippen molar-refractivity contribution in [1.29, 1.82) is 0 Å². The normalized spacial score (nSPS) is 12.2. The van der Waals surface area contributed by atoms with Crippen LogP contribution >= 0.6 is 11.8 Å². The number of carbonyl (C=O) groups excluding carboxylic acids is 1. The molecule has 126 valence electrons. The Bertz CT molecular complexity index is 725. The molecule has 1 aliphatic heterocycles. The Kier molecular flexibility index (Phi) is 5.30. The number of amides is 1. The van der Waals surface area contributed by atoms with E-state index in [2.05, 4.69) is 37.4 Å². The maximum atomic E-state index is 12.0. The van der Waals surface area contributed by atoms with E-state index in [1.165, 1.54) is 16.7 Å². The Morgan fingerprint density at radius 3 is 2.58 bits per heavy atom. The lowest BCUT2D eigenvalue weighted by Crippen LogP contribution is -2.24. The van der Waals surface area contributed by atoms with E-state index in [-0.39, 0.29) is 12.7 Å². The third kappa shape index (κ3) is 4.45. The number of aryl methyl sites for hydroxylation is 2. The van der Waals surface area contributed by atoms with Crippen molar-refractivity contribution < 1.29 is 14.3 Å². The van der Waals surface area contributed by atoms with Crippen LogP contribution in [0.2, 0.25) is 0 Å². The molecule has 3 rings (SSSR count). The smallest absolute Gasteiger partial charge is 0.231 e. The van der Waals surface area contributed by atoms with E-state index in [9.17, 15) is 4.79 Å². The molecule has 0 bridgehead atoms. The first-order valence-electron chi connectivity index (χ1n) is 7.90. The van der Waals surface area contributed by atoms with E-state index in [1.807, 2.05) is 18.2 Å². The zero-order valence-corrected chi connectivity index (χ0v) is 14.7. The second kappa shape index (κ2) is 7.62. The average molecular weight is 343 g/mol. The summed E-state index contributed by atoms with van der Waals surface area (Å²) in [6.45, 7) is 4.96. The molecule has 1 aliphatic rings. The van der Waals surface area contributed by atoms with Crippen LogP contribution in [0.1, 0.15) is 22.3 Å². The van der Waals surface area contributed by atoms with E-state index < -0.39 is 0 Å². The number of nitrogens with one attached hydrogen (secondary N) is 1. The first-order chi connectivity index (χ1) is 11.6. The van der Waals surface area contributed by atoms with Gasteiger partial charge in [-0.3, -0.25) is 4.79 Å². The number of hydrogen-bond acceptors (Lipinski definition) is 4. The van der Waals surface area contributed by atoms with Gasteiger partial charge in [-0.1, -0.05) is 35.4 Å². The van der Waals surface area contributed by atoms with Gasteiger partial charge < -0.3 is 14.8 Å². The molecule has 5 heteroatoms. The summed E-state index contributed by atoms with van der Waals surface area (Å²) in [5, 5.41) is 2.94. The zero-order valence-electron chi connectivity index (χ0n) is 13.9. The highest BCUT2D eigenvalue weighted by atomic mass is 32.2. The van der Waals surface area contributed by atoms with Crippen molar-refractivity contribution in [3.8, 4) is 11.5 Å². The number of ether oxygens (including phenoxy) is 2. The van der Waals surface area contributed by atoms with Crippen molar-refractivity contribution in [2.24, 2.45) is 0 Å². The van der Waals surface area contributed by atoms with Crippen LogP contribution in [0.3, 0.4) is 0 Å². The molecule has 0 aromatic heterocycles. The second-order valence-electron chi connectivity index (χ2n) is 5.95. The summed E-state index contributed by atoms with van der Waals surface area (Å²) >= 11 is 1.63. The number of fused-ring (bicyclic) bond motifs is 1. The Morgan fingerprint density at radius 1 is 1.04 bits per heavy atom. The Morgan fingerprint density at radius 2 is 1.79 bits per heavy atom. The summed E-state index contributed by atoms with van der Waals surface area (Å²) in [6, 6.07) is 12.2. The maximum Gasteiger partial charge on any atom is 0.231 e. The van der Waals surface area contributed by atoms with E-state index in [0.717, 1.165) is 22.8 Å². The minimum absolute atomic E-state index is 0.0436. The molecule has 0 saturated heterocycles. The Labute approximate surface area is 146 Å². The van der Waals surface area contributed by atoms with E-state index in [1.54, 1.807) is 11.8 Å². The molecule has 0 spiro atoms. The zero-order chi connectivity index (χ0) is 16.9. The molecule has 0 unspecified atom stereocenters. The first-order valence-corrected chi connectivity index (χ1v) is 9.06. The molecule has 1 N–H and O–H groups in total. The number of benzene rings is 2. The lowest BCUT2D eigenvalue weighted by Gasteiger charge is -2.07. The molecule has 0 fully saturated rings. The fraction of sp³-hybridized carbons (Fsp3) is 0.316. The number of rotatable bonds is 6. The van der Waals surface area contributed by atoms with Gasteiger partial charge in [-0.25, -0.2) is 0 Å². The highest BCUT2D eigenvalue weighted by Gasteiger charge is 2.13. The topological polar surface area (TPSA) is 47.6 Å². The summed E-state index contributed by atoms with van der Waals surface area (Å²) in [7, 11) is 0. The van der Waals surface area contributed by atoms with E-state index in [0.29, 0.717) is 12.3 Å². The average Bonchev–Trinajstić information content (AvgIpc) is 2.99. The van der Waals surface area contributed by atoms with Gasteiger partial charge in [0.05, 0.1) is 5.75 Å².